The van der Waals surface area contributed by atoms with Gasteiger partial charge < -0.3 is 9.47 Å². The zero-order valence-corrected chi connectivity index (χ0v) is 14.6. The Morgan fingerprint density at radius 1 is 1.04 bits per heavy atom. The van der Waals surface area contributed by atoms with Gasteiger partial charge in [0.1, 0.15) is 0 Å². The van der Waals surface area contributed by atoms with Gasteiger partial charge in [-0.05, 0) is 25.7 Å². The number of ether oxygens (including phenoxy) is 2. The molecule has 3 heterocycles. The first-order valence-electron chi connectivity index (χ1n) is 8.76. The van der Waals surface area contributed by atoms with E-state index in [1.807, 2.05) is 0 Å². The van der Waals surface area contributed by atoms with Crippen molar-refractivity contribution in [3.05, 3.63) is 32.6 Å². The zero-order valence-electron chi connectivity index (χ0n) is 14.6. The molecule has 0 radical (unpaired) electrons. The van der Waals surface area contributed by atoms with E-state index >= 15 is 0 Å². The van der Waals surface area contributed by atoms with Crippen LogP contribution in [0.5, 0.6) is 0 Å². The minimum Gasteiger partial charge on any atom is -0.377 e. The third kappa shape index (κ3) is 3.96. The van der Waals surface area contributed by atoms with Crippen molar-refractivity contribution in [2.24, 2.45) is 14.1 Å². The van der Waals surface area contributed by atoms with Crippen LogP contribution in [0.25, 0.3) is 0 Å². The second kappa shape index (κ2) is 7.63. The van der Waals surface area contributed by atoms with Crippen molar-refractivity contribution in [1.82, 2.24) is 14.0 Å². The lowest BCUT2D eigenvalue weighted by atomic mass is 10.2. The van der Waals surface area contributed by atoms with Crippen LogP contribution in [-0.2, 0) is 30.1 Å². The summed E-state index contributed by atoms with van der Waals surface area (Å²) in [4.78, 5) is 26.4. The van der Waals surface area contributed by atoms with Crippen LogP contribution in [-0.4, -0.2) is 52.5 Å². The topological polar surface area (TPSA) is 65.7 Å². The lowest BCUT2D eigenvalue weighted by Gasteiger charge is -2.28. The van der Waals surface area contributed by atoms with E-state index in [4.69, 9.17) is 9.47 Å². The molecule has 0 aromatic carbocycles. The molecule has 2 saturated heterocycles. The monoisotopic (exact) mass is 337 g/mol. The standard InChI is InChI=1S/C17H27N3O4/c1-18-13(9-16(21)19(2)17(18)22)10-20(11-14-5-3-7-23-14)12-15-6-4-8-24-15/h9,14-15H,3-8,10-12H2,1-2H3. The van der Waals surface area contributed by atoms with Gasteiger partial charge in [-0.25, -0.2) is 4.79 Å². The molecule has 2 aliphatic rings. The van der Waals surface area contributed by atoms with Crippen LogP contribution in [0, 0.1) is 0 Å². The second-order valence-corrected chi connectivity index (χ2v) is 6.84. The van der Waals surface area contributed by atoms with Crippen molar-refractivity contribution in [3.63, 3.8) is 0 Å². The molecule has 2 unspecified atom stereocenters. The van der Waals surface area contributed by atoms with Crippen molar-refractivity contribution in [1.29, 1.82) is 0 Å². The third-order valence-corrected chi connectivity index (χ3v) is 4.98. The highest BCUT2D eigenvalue weighted by Gasteiger charge is 2.24. The molecule has 2 fully saturated rings. The summed E-state index contributed by atoms with van der Waals surface area (Å²) in [6, 6.07) is 1.55. The number of hydrogen-bond donors (Lipinski definition) is 0. The number of rotatable bonds is 6. The average molecular weight is 337 g/mol. The Morgan fingerprint density at radius 2 is 1.62 bits per heavy atom. The molecule has 0 spiro atoms. The van der Waals surface area contributed by atoms with Crippen molar-refractivity contribution in [2.45, 2.75) is 44.4 Å². The maximum Gasteiger partial charge on any atom is 0.330 e. The summed E-state index contributed by atoms with van der Waals surface area (Å²) in [5, 5.41) is 0. The van der Waals surface area contributed by atoms with Gasteiger partial charge in [0.2, 0.25) is 0 Å². The fourth-order valence-corrected chi connectivity index (χ4v) is 3.52. The summed E-state index contributed by atoms with van der Waals surface area (Å²) in [5.74, 6) is 0. The normalized spacial score (nSPS) is 24.1. The first-order valence-corrected chi connectivity index (χ1v) is 8.76. The second-order valence-electron chi connectivity index (χ2n) is 6.84. The molecule has 3 rings (SSSR count). The maximum atomic E-state index is 12.1. The van der Waals surface area contributed by atoms with Crippen LogP contribution >= 0.6 is 0 Å². The van der Waals surface area contributed by atoms with E-state index in [0.717, 1.165) is 62.2 Å². The smallest absolute Gasteiger partial charge is 0.330 e. The molecular weight excluding hydrogens is 310 g/mol. The molecular formula is C17H27N3O4. The summed E-state index contributed by atoms with van der Waals surface area (Å²) in [6.07, 6.45) is 4.80. The summed E-state index contributed by atoms with van der Waals surface area (Å²) < 4.78 is 14.2. The molecule has 0 bridgehead atoms. The van der Waals surface area contributed by atoms with Gasteiger partial charge in [-0.1, -0.05) is 0 Å². The average Bonchev–Trinajstić information content (AvgIpc) is 3.24. The molecule has 1 aromatic rings. The predicted octanol–water partition coefficient (Wildman–Crippen LogP) is 0.244. The lowest BCUT2D eigenvalue weighted by molar-refractivity contribution is 0.0336. The van der Waals surface area contributed by atoms with E-state index in [9.17, 15) is 9.59 Å². The van der Waals surface area contributed by atoms with Crippen LogP contribution in [0.2, 0.25) is 0 Å². The Hall–Kier alpha value is -1.44. The highest BCUT2D eigenvalue weighted by molar-refractivity contribution is 5.02. The molecule has 2 atom stereocenters. The Labute approximate surface area is 141 Å². The molecule has 134 valence electrons. The van der Waals surface area contributed by atoms with Crippen molar-refractivity contribution >= 4 is 0 Å². The largest absolute Gasteiger partial charge is 0.377 e. The van der Waals surface area contributed by atoms with Crippen LogP contribution in [0.3, 0.4) is 0 Å². The number of nitrogens with zero attached hydrogens (tertiary/aromatic N) is 3. The molecule has 1 aromatic heterocycles. The van der Waals surface area contributed by atoms with Gasteiger partial charge in [0.25, 0.3) is 5.56 Å². The van der Waals surface area contributed by atoms with E-state index < -0.39 is 0 Å². The Balaban J connectivity index is 1.77. The van der Waals surface area contributed by atoms with Crippen molar-refractivity contribution in [3.8, 4) is 0 Å². The van der Waals surface area contributed by atoms with E-state index in [1.165, 1.54) is 7.05 Å². The summed E-state index contributed by atoms with van der Waals surface area (Å²) in [5.41, 5.74) is 0.188. The molecule has 2 aliphatic heterocycles. The van der Waals surface area contributed by atoms with Gasteiger partial charge in [-0.3, -0.25) is 18.8 Å². The number of hydrogen-bond acceptors (Lipinski definition) is 5. The molecule has 0 saturated carbocycles. The van der Waals surface area contributed by atoms with E-state index in [-0.39, 0.29) is 23.5 Å². The third-order valence-electron chi connectivity index (χ3n) is 4.98. The molecule has 0 amide bonds. The first-order chi connectivity index (χ1) is 11.5. The predicted molar refractivity (Wildman–Crippen MR) is 90.1 cm³/mol. The zero-order chi connectivity index (χ0) is 17.1. The lowest BCUT2D eigenvalue weighted by Crippen LogP contribution is -2.42. The maximum absolute atomic E-state index is 12.1. The fourth-order valence-electron chi connectivity index (χ4n) is 3.52. The van der Waals surface area contributed by atoms with E-state index in [1.54, 1.807) is 17.7 Å². The van der Waals surface area contributed by atoms with Crippen molar-refractivity contribution < 1.29 is 9.47 Å². The van der Waals surface area contributed by atoms with Gasteiger partial charge in [-0.15, -0.1) is 0 Å². The molecule has 24 heavy (non-hydrogen) atoms. The minimum atomic E-state index is -0.285. The molecule has 0 N–H and O–H groups in total. The molecule has 7 heteroatoms. The van der Waals surface area contributed by atoms with Gasteiger partial charge in [-0.2, -0.15) is 0 Å². The SMILES string of the molecule is Cn1c(CN(CC2CCCO2)CC2CCCO2)cc(=O)n(C)c1=O. The van der Waals surface area contributed by atoms with Crippen LogP contribution in [0.15, 0.2) is 15.7 Å². The quantitative estimate of drug-likeness (QED) is 0.744. The van der Waals surface area contributed by atoms with Crippen LogP contribution < -0.4 is 11.2 Å². The summed E-state index contributed by atoms with van der Waals surface area (Å²) in [7, 11) is 3.22. The minimum absolute atomic E-state index is 0.231. The van der Waals surface area contributed by atoms with Crippen molar-refractivity contribution in [2.75, 3.05) is 26.3 Å². The summed E-state index contributed by atoms with van der Waals surface area (Å²) >= 11 is 0. The number of aromatic nitrogens is 2. The van der Waals surface area contributed by atoms with Gasteiger partial charge in [0.05, 0.1) is 12.2 Å². The highest BCUT2D eigenvalue weighted by atomic mass is 16.5. The Morgan fingerprint density at radius 3 is 2.12 bits per heavy atom. The molecule has 0 aliphatic carbocycles. The van der Waals surface area contributed by atoms with Gasteiger partial charge >= 0.3 is 5.69 Å². The van der Waals surface area contributed by atoms with Crippen LogP contribution in [0.4, 0.5) is 0 Å². The summed E-state index contributed by atoms with van der Waals surface area (Å²) in [6.45, 7) is 3.82. The highest BCUT2D eigenvalue weighted by Crippen LogP contribution is 2.18. The van der Waals surface area contributed by atoms with E-state index in [0.29, 0.717) is 6.54 Å². The Bertz CT molecular complexity index is 651. The van der Waals surface area contributed by atoms with Gasteiger partial charge in [0.15, 0.2) is 0 Å². The first kappa shape index (κ1) is 17.4. The Kier molecular flexibility index (Phi) is 5.53. The van der Waals surface area contributed by atoms with E-state index in [2.05, 4.69) is 4.90 Å². The fraction of sp³-hybridized carbons (Fsp3) is 0.765. The van der Waals surface area contributed by atoms with Gasteiger partial charge in [0, 0.05) is 58.7 Å². The molecule has 7 nitrogen and oxygen atoms in total. The van der Waals surface area contributed by atoms with Crippen LogP contribution in [0.1, 0.15) is 31.4 Å².